The Morgan fingerprint density at radius 2 is 1.21 bits per heavy atom. The van der Waals surface area contributed by atoms with Crippen LogP contribution in [0.5, 0.6) is 0 Å². The second-order valence-electron chi connectivity index (χ2n) is 9.45. The molecule has 1 aliphatic rings. The van der Waals surface area contributed by atoms with Crippen molar-refractivity contribution in [3.05, 3.63) is 140 Å². The Kier molecular flexibility index (Phi) is 8.39. The molecule has 1 fully saturated rings. The van der Waals surface area contributed by atoms with Gasteiger partial charge in [-0.1, -0.05) is 54.6 Å². The SMILES string of the molecule is Cc1cc(=O)[nH]c(=O)n1[C@H]1O[C@H](COC(=O)c2ccccc2)[C@@H](OC(=O)c2ccccc2)[C@@H]1OC(=O)c1ccccc1. The highest BCUT2D eigenvalue weighted by molar-refractivity contribution is 5.91. The standard InChI is InChI=1S/C31H26N2O9/c1-19-17-24(34)32-31(38)33(19)27-26(42-30(37)22-15-9-4-10-16-22)25(41-29(36)21-13-7-3-8-14-21)23(40-27)18-39-28(35)20-11-5-2-6-12-20/h2-17,23,25-27H,18H2,1H3,(H,32,34,38)/t23-,25-,26+,27+/m1/s1. The van der Waals surface area contributed by atoms with Gasteiger partial charge in [-0.25, -0.2) is 19.2 Å². The number of ether oxygens (including phenoxy) is 4. The van der Waals surface area contributed by atoms with Crippen molar-refractivity contribution in [2.75, 3.05) is 6.61 Å². The van der Waals surface area contributed by atoms with Crippen molar-refractivity contribution in [3.8, 4) is 0 Å². The normalized spacial score (nSPS) is 19.5. The van der Waals surface area contributed by atoms with Crippen molar-refractivity contribution >= 4 is 17.9 Å². The predicted molar refractivity (Wildman–Crippen MR) is 148 cm³/mol. The zero-order valence-corrected chi connectivity index (χ0v) is 22.4. The molecule has 1 N–H and O–H groups in total. The van der Waals surface area contributed by atoms with Gasteiger partial charge in [0.25, 0.3) is 5.56 Å². The molecule has 1 aromatic heterocycles. The first-order valence-electron chi connectivity index (χ1n) is 13.0. The van der Waals surface area contributed by atoms with E-state index in [4.69, 9.17) is 18.9 Å². The summed E-state index contributed by atoms with van der Waals surface area (Å²) < 4.78 is 24.4. The molecule has 4 atom stereocenters. The summed E-state index contributed by atoms with van der Waals surface area (Å²) in [5.41, 5.74) is -0.569. The molecule has 11 heteroatoms. The third kappa shape index (κ3) is 6.21. The number of hydrogen-bond acceptors (Lipinski definition) is 9. The number of aromatic nitrogens is 2. The van der Waals surface area contributed by atoms with Crippen LogP contribution in [-0.2, 0) is 18.9 Å². The van der Waals surface area contributed by atoms with Crippen molar-refractivity contribution in [1.29, 1.82) is 0 Å². The van der Waals surface area contributed by atoms with E-state index in [-0.39, 0.29) is 22.4 Å². The number of aromatic amines is 1. The second kappa shape index (κ2) is 12.5. The lowest BCUT2D eigenvalue weighted by atomic mass is 10.1. The van der Waals surface area contributed by atoms with E-state index >= 15 is 0 Å². The van der Waals surface area contributed by atoms with Crippen molar-refractivity contribution in [2.45, 2.75) is 31.5 Å². The van der Waals surface area contributed by atoms with Crippen LogP contribution in [0.4, 0.5) is 0 Å². The van der Waals surface area contributed by atoms with E-state index in [0.29, 0.717) is 0 Å². The number of rotatable bonds is 8. The molecule has 5 rings (SSSR count). The Balaban J connectivity index is 1.52. The van der Waals surface area contributed by atoms with Crippen LogP contribution in [0.15, 0.2) is 107 Å². The first-order chi connectivity index (χ1) is 20.3. The summed E-state index contributed by atoms with van der Waals surface area (Å²) in [4.78, 5) is 66.2. The number of benzene rings is 3. The first kappa shape index (κ1) is 28.2. The minimum absolute atomic E-state index is 0.199. The fourth-order valence-corrected chi connectivity index (χ4v) is 4.60. The lowest BCUT2D eigenvalue weighted by Crippen LogP contribution is -2.43. The minimum Gasteiger partial charge on any atom is -0.459 e. The number of carbonyl (C=O) groups is 3. The van der Waals surface area contributed by atoms with Crippen LogP contribution in [-0.4, -0.2) is 52.4 Å². The summed E-state index contributed by atoms with van der Waals surface area (Å²) in [5, 5.41) is 0. The molecule has 0 radical (unpaired) electrons. The van der Waals surface area contributed by atoms with Gasteiger partial charge in [0.15, 0.2) is 18.4 Å². The van der Waals surface area contributed by atoms with Gasteiger partial charge in [-0.15, -0.1) is 0 Å². The van der Waals surface area contributed by atoms with Crippen LogP contribution in [0, 0.1) is 6.92 Å². The van der Waals surface area contributed by atoms with Crippen LogP contribution in [0.1, 0.15) is 43.0 Å². The van der Waals surface area contributed by atoms with Crippen LogP contribution in [0.3, 0.4) is 0 Å². The maximum Gasteiger partial charge on any atom is 0.338 e. The molecular weight excluding hydrogens is 544 g/mol. The Labute approximate surface area is 239 Å². The van der Waals surface area contributed by atoms with Gasteiger partial charge < -0.3 is 18.9 Å². The summed E-state index contributed by atoms with van der Waals surface area (Å²) in [6, 6.07) is 25.6. The smallest absolute Gasteiger partial charge is 0.338 e. The van der Waals surface area contributed by atoms with Gasteiger partial charge in [0.1, 0.15) is 12.7 Å². The number of nitrogens with one attached hydrogen (secondary N) is 1. The molecule has 0 saturated carbocycles. The molecule has 2 heterocycles. The summed E-state index contributed by atoms with van der Waals surface area (Å²) in [7, 11) is 0. The third-order valence-electron chi connectivity index (χ3n) is 6.60. The molecule has 0 unspecified atom stereocenters. The van der Waals surface area contributed by atoms with Crippen LogP contribution >= 0.6 is 0 Å². The Morgan fingerprint density at radius 3 is 1.71 bits per heavy atom. The van der Waals surface area contributed by atoms with E-state index in [2.05, 4.69) is 4.98 Å². The first-order valence-corrected chi connectivity index (χ1v) is 13.0. The van der Waals surface area contributed by atoms with E-state index in [1.165, 1.54) is 25.1 Å². The van der Waals surface area contributed by atoms with Crippen molar-refractivity contribution < 1.29 is 33.3 Å². The molecule has 0 aliphatic carbocycles. The fraction of sp³-hybridized carbons (Fsp3) is 0.194. The lowest BCUT2D eigenvalue weighted by Gasteiger charge is -2.25. The lowest BCUT2D eigenvalue weighted by molar-refractivity contribution is -0.0648. The molecular formula is C31H26N2O9. The van der Waals surface area contributed by atoms with Crippen molar-refractivity contribution in [2.24, 2.45) is 0 Å². The summed E-state index contributed by atoms with van der Waals surface area (Å²) in [6.07, 6.45) is -5.22. The zero-order valence-electron chi connectivity index (χ0n) is 22.4. The minimum atomic E-state index is -1.38. The predicted octanol–water partition coefficient (Wildman–Crippen LogP) is 3.05. The van der Waals surface area contributed by atoms with Crippen LogP contribution in [0.2, 0.25) is 0 Å². The molecule has 0 bridgehead atoms. The summed E-state index contributed by atoms with van der Waals surface area (Å²) in [6.45, 7) is 1.09. The van der Waals surface area contributed by atoms with Crippen molar-refractivity contribution in [3.63, 3.8) is 0 Å². The number of hydrogen-bond donors (Lipinski definition) is 1. The van der Waals surface area contributed by atoms with Crippen molar-refractivity contribution in [1.82, 2.24) is 9.55 Å². The van der Waals surface area contributed by atoms with Gasteiger partial charge in [-0.2, -0.15) is 0 Å². The quantitative estimate of drug-likeness (QED) is 0.250. The second-order valence-corrected chi connectivity index (χ2v) is 9.45. The van der Waals surface area contributed by atoms with Gasteiger partial charge >= 0.3 is 23.6 Å². The van der Waals surface area contributed by atoms with E-state index in [1.807, 2.05) is 0 Å². The summed E-state index contributed by atoms with van der Waals surface area (Å²) in [5.74, 6) is -2.19. The molecule has 0 amide bonds. The number of nitrogens with zero attached hydrogens (tertiary/aromatic N) is 1. The average Bonchev–Trinajstić information content (AvgIpc) is 3.32. The highest BCUT2D eigenvalue weighted by Gasteiger charge is 2.52. The van der Waals surface area contributed by atoms with E-state index in [1.54, 1.807) is 78.9 Å². The Hall–Kier alpha value is -5.29. The van der Waals surface area contributed by atoms with E-state index in [0.717, 1.165) is 4.57 Å². The molecule has 1 saturated heterocycles. The largest absolute Gasteiger partial charge is 0.459 e. The number of aryl methyl sites for hydroxylation is 1. The third-order valence-corrected chi connectivity index (χ3v) is 6.60. The number of esters is 3. The highest BCUT2D eigenvalue weighted by atomic mass is 16.7. The van der Waals surface area contributed by atoms with E-state index < -0.39 is 60.3 Å². The number of H-pyrrole nitrogens is 1. The monoisotopic (exact) mass is 570 g/mol. The molecule has 4 aromatic rings. The average molecular weight is 571 g/mol. The molecule has 42 heavy (non-hydrogen) atoms. The Bertz CT molecular complexity index is 1680. The topological polar surface area (TPSA) is 143 Å². The van der Waals surface area contributed by atoms with Gasteiger partial charge in [0.05, 0.1) is 16.7 Å². The Morgan fingerprint density at radius 1 is 0.738 bits per heavy atom. The van der Waals surface area contributed by atoms with Gasteiger partial charge in [0, 0.05) is 11.8 Å². The molecule has 0 spiro atoms. The maximum atomic E-state index is 13.2. The van der Waals surface area contributed by atoms with E-state index in [9.17, 15) is 24.0 Å². The maximum absolute atomic E-state index is 13.2. The summed E-state index contributed by atoms with van der Waals surface area (Å²) >= 11 is 0. The van der Waals surface area contributed by atoms with Crippen LogP contribution < -0.4 is 11.2 Å². The molecule has 11 nitrogen and oxygen atoms in total. The molecule has 1 aliphatic heterocycles. The van der Waals surface area contributed by atoms with Gasteiger partial charge in [-0.05, 0) is 43.3 Å². The van der Waals surface area contributed by atoms with Gasteiger partial charge in [-0.3, -0.25) is 14.3 Å². The fourth-order valence-electron chi connectivity index (χ4n) is 4.60. The highest BCUT2D eigenvalue weighted by Crippen LogP contribution is 2.35. The molecule has 214 valence electrons. The van der Waals surface area contributed by atoms with Gasteiger partial charge in [0.2, 0.25) is 0 Å². The zero-order chi connectivity index (χ0) is 29.6. The molecule has 3 aromatic carbocycles. The van der Waals surface area contributed by atoms with Crippen LogP contribution in [0.25, 0.3) is 0 Å². The number of carbonyl (C=O) groups excluding carboxylic acids is 3.